The summed E-state index contributed by atoms with van der Waals surface area (Å²) in [5.41, 5.74) is 0.410. The van der Waals surface area contributed by atoms with Gasteiger partial charge in [0.05, 0.1) is 11.5 Å². The second-order valence-corrected chi connectivity index (χ2v) is 6.79. The Labute approximate surface area is 119 Å². The van der Waals surface area contributed by atoms with Gasteiger partial charge in [0, 0.05) is 24.6 Å². The summed E-state index contributed by atoms with van der Waals surface area (Å²) in [5, 5.41) is 9.27. The standard InChI is InChI=1S/C14H19NO4S/c1-2-14(17)11-5-3-7-13(9-11)20(18,19)15-8-4-6-12(15)10-16/h3,5,7,9,12,16H,2,4,6,8,10H2,1H3/t12-/m0/s1. The van der Waals surface area contributed by atoms with Crippen LogP contribution in [0.2, 0.25) is 0 Å². The van der Waals surface area contributed by atoms with Crippen molar-refractivity contribution < 1.29 is 18.3 Å². The highest BCUT2D eigenvalue weighted by Crippen LogP contribution is 2.26. The number of hydrogen-bond acceptors (Lipinski definition) is 4. The fraction of sp³-hybridized carbons (Fsp3) is 0.500. The first-order valence-corrected chi connectivity index (χ1v) is 8.20. The van der Waals surface area contributed by atoms with Gasteiger partial charge < -0.3 is 5.11 Å². The Morgan fingerprint density at radius 3 is 2.85 bits per heavy atom. The lowest BCUT2D eigenvalue weighted by molar-refractivity contribution is 0.0988. The van der Waals surface area contributed by atoms with Crippen LogP contribution < -0.4 is 0 Å². The maximum atomic E-state index is 12.6. The van der Waals surface area contributed by atoms with E-state index in [2.05, 4.69) is 0 Å². The lowest BCUT2D eigenvalue weighted by Gasteiger charge is -2.22. The van der Waals surface area contributed by atoms with Crippen LogP contribution in [0.5, 0.6) is 0 Å². The predicted molar refractivity (Wildman–Crippen MR) is 75.1 cm³/mol. The zero-order valence-corrected chi connectivity index (χ0v) is 12.3. The maximum Gasteiger partial charge on any atom is 0.243 e. The number of ketones is 1. The van der Waals surface area contributed by atoms with Crippen LogP contribution in [-0.4, -0.2) is 42.8 Å². The number of hydrogen-bond donors (Lipinski definition) is 1. The summed E-state index contributed by atoms with van der Waals surface area (Å²) in [6.45, 7) is 1.98. The first-order valence-electron chi connectivity index (χ1n) is 6.76. The van der Waals surface area contributed by atoms with Gasteiger partial charge in [0.1, 0.15) is 0 Å². The van der Waals surface area contributed by atoms with Crippen molar-refractivity contribution in [1.82, 2.24) is 4.31 Å². The molecule has 1 N–H and O–H groups in total. The molecule has 1 saturated heterocycles. The number of sulfonamides is 1. The molecule has 20 heavy (non-hydrogen) atoms. The molecule has 1 aromatic rings. The number of carbonyl (C=O) groups is 1. The van der Waals surface area contributed by atoms with E-state index in [9.17, 15) is 18.3 Å². The van der Waals surface area contributed by atoms with Gasteiger partial charge in [-0.15, -0.1) is 0 Å². The van der Waals surface area contributed by atoms with Crippen LogP contribution in [0, 0.1) is 0 Å². The van der Waals surface area contributed by atoms with E-state index in [0.717, 1.165) is 6.42 Å². The zero-order chi connectivity index (χ0) is 14.8. The molecule has 1 heterocycles. The van der Waals surface area contributed by atoms with E-state index in [1.165, 1.54) is 16.4 Å². The summed E-state index contributed by atoms with van der Waals surface area (Å²) in [6, 6.07) is 5.77. The number of carbonyl (C=O) groups excluding carboxylic acids is 1. The van der Waals surface area contributed by atoms with Gasteiger partial charge in [-0.25, -0.2) is 8.42 Å². The molecule has 0 unspecified atom stereocenters. The van der Waals surface area contributed by atoms with Crippen LogP contribution >= 0.6 is 0 Å². The largest absolute Gasteiger partial charge is 0.395 e. The summed E-state index contributed by atoms with van der Waals surface area (Å²) < 4.78 is 26.5. The van der Waals surface area contributed by atoms with Crippen molar-refractivity contribution in [3.8, 4) is 0 Å². The molecule has 0 amide bonds. The van der Waals surface area contributed by atoms with Crippen molar-refractivity contribution in [2.75, 3.05) is 13.2 Å². The molecule has 0 aromatic heterocycles. The smallest absolute Gasteiger partial charge is 0.243 e. The number of aliphatic hydroxyl groups is 1. The Morgan fingerprint density at radius 2 is 2.20 bits per heavy atom. The third-order valence-electron chi connectivity index (χ3n) is 3.62. The third-order valence-corrected chi connectivity index (χ3v) is 5.57. The van der Waals surface area contributed by atoms with Crippen molar-refractivity contribution in [3.05, 3.63) is 29.8 Å². The average Bonchev–Trinajstić information content (AvgIpc) is 2.95. The monoisotopic (exact) mass is 297 g/mol. The molecule has 0 aliphatic carbocycles. The molecule has 1 fully saturated rings. The first-order chi connectivity index (χ1) is 9.50. The van der Waals surface area contributed by atoms with Crippen molar-refractivity contribution >= 4 is 15.8 Å². The second kappa shape index (κ2) is 6.03. The summed E-state index contributed by atoms with van der Waals surface area (Å²) in [5.74, 6) is -0.0813. The number of nitrogens with zero attached hydrogens (tertiary/aromatic N) is 1. The van der Waals surface area contributed by atoms with Gasteiger partial charge in [0.15, 0.2) is 5.78 Å². The molecular weight excluding hydrogens is 278 g/mol. The lowest BCUT2D eigenvalue weighted by atomic mass is 10.1. The normalized spacial score (nSPS) is 20.2. The second-order valence-electron chi connectivity index (χ2n) is 4.90. The van der Waals surface area contributed by atoms with Crippen LogP contribution in [0.4, 0.5) is 0 Å². The number of benzene rings is 1. The van der Waals surface area contributed by atoms with E-state index in [1.54, 1.807) is 19.1 Å². The molecule has 6 heteroatoms. The highest BCUT2D eigenvalue weighted by molar-refractivity contribution is 7.89. The van der Waals surface area contributed by atoms with Crippen LogP contribution in [0.3, 0.4) is 0 Å². The minimum atomic E-state index is -3.64. The Morgan fingerprint density at radius 1 is 1.45 bits per heavy atom. The molecule has 2 rings (SSSR count). The molecule has 0 saturated carbocycles. The van der Waals surface area contributed by atoms with E-state index in [1.807, 2.05) is 0 Å². The Hall–Kier alpha value is -1.24. The molecule has 1 aromatic carbocycles. The Balaban J connectivity index is 2.37. The summed E-state index contributed by atoms with van der Waals surface area (Å²) in [4.78, 5) is 11.8. The number of Topliss-reactive ketones (excluding diaryl/α,β-unsaturated/α-hetero) is 1. The van der Waals surface area contributed by atoms with E-state index < -0.39 is 10.0 Å². The fourth-order valence-corrected chi connectivity index (χ4v) is 4.21. The van der Waals surface area contributed by atoms with Gasteiger partial charge in [-0.05, 0) is 25.0 Å². The van der Waals surface area contributed by atoms with Crippen LogP contribution in [0.15, 0.2) is 29.2 Å². The molecule has 0 bridgehead atoms. The topological polar surface area (TPSA) is 74.7 Å². The molecule has 1 atom stereocenters. The quantitative estimate of drug-likeness (QED) is 0.834. The minimum Gasteiger partial charge on any atom is -0.395 e. The zero-order valence-electron chi connectivity index (χ0n) is 11.4. The predicted octanol–water partition coefficient (Wildman–Crippen LogP) is 1.42. The Kier molecular flexibility index (Phi) is 4.57. The average molecular weight is 297 g/mol. The summed E-state index contributed by atoms with van der Waals surface area (Å²) in [6.07, 6.45) is 1.76. The maximum absolute atomic E-state index is 12.6. The number of rotatable bonds is 5. The fourth-order valence-electron chi connectivity index (χ4n) is 2.48. The number of aliphatic hydroxyl groups excluding tert-OH is 1. The highest BCUT2D eigenvalue weighted by Gasteiger charge is 2.34. The summed E-state index contributed by atoms with van der Waals surface area (Å²) >= 11 is 0. The first kappa shape index (κ1) is 15.2. The van der Waals surface area contributed by atoms with Gasteiger partial charge >= 0.3 is 0 Å². The highest BCUT2D eigenvalue weighted by atomic mass is 32.2. The molecule has 1 aliphatic rings. The van der Waals surface area contributed by atoms with E-state index in [0.29, 0.717) is 24.9 Å². The van der Waals surface area contributed by atoms with E-state index >= 15 is 0 Å². The van der Waals surface area contributed by atoms with Crippen LogP contribution in [-0.2, 0) is 10.0 Å². The summed E-state index contributed by atoms with van der Waals surface area (Å²) in [7, 11) is -3.64. The molecule has 110 valence electrons. The van der Waals surface area contributed by atoms with Crippen molar-refractivity contribution in [2.24, 2.45) is 0 Å². The molecule has 0 spiro atoms. The van der Waals surface area contributed by atoms with Gasteiger partial charge in [0.25, 0.3) is 0 Å². The van der Waals surface area contributed by atoms with Gasteiger partial charge in [0.2, 0.25) is 10.0 Å². The van der Waals surface area contributed by atoms with Crippen LogP contribution in [0.25, 0.3) is 0 Å². The lowest BCUT2D eigenvalue weighted by Crippen LogP contribution is -2.37. The molecule has 5 nitrogen and oxygen atoms in total. The minimum absolute atomic E-state index is 0.0813. The van der Waals surface area contributed by atoms with Crippen LogP contribution in [0.1, 0.15) is 36.5 Å². The SMILES string of the molecule is CCC(=O)c1cccc(S(=O)(=O)N2CCC[C@H]2CO)c1. The van der Waals surface area contributed by atoms with Crippen molar-refractivity contribution in [1.29, 1.82) is 0 Å². The molecule has 0 radical (unpaired) electrons. The molecule has 1 aliphatic heterocycles. The van der Waals surface area contributed by atoms with Crippen molar-refractivity contribution in [3.63, 3.8) is 0 Å². The van der Waals surface area contributed by atoms with E-state index in [-0.39, 0.29) is 23.3 Å². The van der Waals surface area contributed by atoms with Crippen molar-refractivity contribution in [2.45, 2.75) is 37.1 Å². The third kappa shape index (κ3) is 2.77. The molecular formula is C14H19NO4S. The Bertz CT molecular complexity index is 597. The van der Waals surface area contributed by atoms with Gasteiger partial charge in [-0.1, -0.05) is 19.1 Å². The van der Waals surface area contributed by atoms with Gasteiger partial charge in [-0.2, -0.15) is 4.31 Å². The van der Waals surface area contributed by atoms with Gasteiger partial charge in [-0.3, -0.25) is 4.79 Å². The van der Waals surface area contributed by atoms with E-state index in [4.69, 9.17) is 0 Å².